The van der Waals surface area contributed by atoms with Crippen LogP contribution in [0.2, 0.25) is 0 Å². The molecule has 1 heterocycles. The normalized spacial score (nSPS) is 9.90. The van der Waals surface area contributed by atoms with Crippen molar-refractivity contribution in [2.45, 2.75) is 6.92 Å². The molecule has 0 unspecified atom stereocenters. The van der Waals surface area contributed by atoms with Crippen molar-refractivity contribution in [2.75, 3.05) is 19.0 Å². The minimum absolute atomic E-state index is 0.0465. The molecule has 1 aromatic carbocycles. The summed E-state index contributed by atoms with van der Waals surface area (Å²) in [5.74, 6) is 0.926. The van der Waals surface area contributed by atoms with Gasteiger partial charge in [0.2, 0.25) is 5.88 Å². The Balaban J connectivity index is 1.84. The Labute approximate surface area is 117 Å². The molecule has 0 aliphatic carbocycles. The summed E-state index contributed by atoms with van der Waals surface area (Å²) in [5.41, 5.74) is 1.74. The largest absolute Gasteiger partial charge is 0.484 e. The van der Waals surface area contributed by atoms with Crippen LogP contribution in [0.4, 0.5) is 5.69 Å². The third kappa shape index (κ3) is 3.98. The fourth-order valence-corrected chi connectivity index (χ4v) is 1.56. The number of pyridine rings is 1. The van der Waals surface area contributed by atoms with Crippen molar-refractivity contribution in [2.24, 2.45) is 0 Å². The molecular formula is C15H16N2O3. The standard InChI is InChI=1S/C15H16N2O3/c1-11-3-6-13(7-4-11)20-10-14(18)17-12-5-8-15(19-2)16-9-12/h3-9H,10H2,1-2H3,(H,17,18). The van der Waals surface area contributed by atoms with E-state index in [1.807, 2.05) is 31.2 Å². The number of carbonyl (C=O) groups is 1. The number of rotatable bonds is 5. The van der Waals surface area contributed by atoms with Crippen LogP contribution in [0.1, 0.15) is 5.56 Å². The molecule has 1 N–H and O–H groups in total. The molecule has 0 saturated carbocycles. The average Bonchev–Trinajstić information content (AvgIpc) is 2.47. The summed E-state index contributed by atoms with van der Waals surface area (Å²) >= 11 is 0. The Morgan fingerprint density at radius 2 is 1.95 bits per heavy atom. The van der Waals surface area contributed by atoms with Crippen molar-refractivity contribution in [3.8, 4) is 11.6 Å². The lowest BCUT2D eigenvalue weighted by atomic mass is 10.2. The number of benzene rings is 1. The van der Waals surface area contributed by atoms with Gasteiger partial charge in [0, 0.05) is 6.07 Å². The molecule has 0 atom stereocenters. The van der Waals surface area contributed by atoms with Gasteiger partial charge in [0.15, 0.2) is 6.61 Å². The van der Waals surface area contributed by atoms with E-state index in [1.165, 1.54) is 13.3 Å². The summed E-state index contributed by atoms with van der Waals surface area (Å²) in [6.07, 6.45) is 1.53. The molecule has 0 spiro atoms. The van der Waals surface area contributed by atoms with Crippen LogP contribution in [-0.4, -0.2) is 24.6 Å². The summed E-state index contributed by atoms with van der Waals surface area (Å²) in [6, 6.07) is 10.9. The molecule has 0 radical (unpaired) electrons. The monoisotopic (exact) mass is 272 g/mol. The number of carbonyl (C=O) groups excluding carboxylic acids is 1. The molecule has 0 aliphatic rings. The van der Waals surface area contributed by atoms with Gasteiger partial charge in [-0.05, 0) is 25.1 Å². The van der Waals surface area contributed by atoms with Crippen LogP contribution in [0.15, 0.2) is 42.6 Å². The summed E-state index contributed by atoms with van der Waals surface area (Å²) in [7, 11) is 1.54. The summed E-state index contributed by atoms with van der Waals surface area (Å²) < 4.78 is 10.3. The lowest BCUT2D eigenvalue weighted by Gasteiger charge is -2.08. The lowest BCUT2D eigenvalue weighted by molar-refractivity contribution is -0.118. The van der Waals surface area contributed by atoms with Gasteiger partial charge in [0.1, 0.15) is 5.75 Å². The zero-order valence-corrected chi connectivity index (χ0v) is 11.4. The molecule has 0 bridgehead atoms. The first-order valence-electron chi connectivity index (χ1n) is 6.17. The van der Waals surface area contributed by atoms with E-state index in [0.29, 0.717) is 17.3 Å². The molecule has 2 rings (SSSR count). The van der Waals surface area contributed by atoms with Gasteiger partial charge in [-0.15, -0.1) is 0 Å². The van der Waals surface area contributed by atoms with Gasteiger partial charge < -0.3 is 14.8 Å². The molecule has 20 heavy (non-hydrogen) atoms. The second-order valence-electron chi connectivity index (χ2n) is 4.24. The Morgan fingerprint density at radius 1 is 1.20 bits per heavy atom. The zero-order chi connectivity index (χ0) is 14.4. The quantitative estimate of drug-likeness (QED) is 0.908. The predicted molar refractivity (Wildman–Crippen MR) is 76.1 cm³/mol. The number of hydrogen-bond acceptors (Lipinski definition) is 4. The van der Waals surface area contributed by atoms with E-state index in [2.05, 4.69) is 10.3 Å². The number of methoxy groups -OCH3 is 1. The fourth-order valence-electron chi connectivity index (χ4n) is 1.56. The Bertz CT molecular complexity index is 565. The molecule has 5 nitrogen and oxygen atoms in total. The van der Waals surface area contributed by atoms with Gasteiger partial charge in [-0.25, -0.2) is 4.98 Å². The smallest absolute Gasteiger partial charge is 0.262 e. The molecule has 0 aliphatic heterocycles. The second kappa shape index (κ2) is 6.56. The van der Waals surface area contributed by atoms with Crippen LogP contribution in [0, 0.1) is 6.92 Å². The topological polar surface area (TPSA) is 60.5 Å². The van der Waals surface area contributed by atoms with E-state index in [0.717, 1.165) is 5.56 Å². The molecule has 5 heteroatoms. The van der Waals surface area contributed by atoms with Crippen LogP contribution in [0.5, 0.6) is 11.6 Å². The number of nitrogens with one attached hydrogen (secondary N) is 1. The minimum Gasteiger partial charge on any atom is -0.484 e. The van der Waals surface area contributed by atoms with Crippen molar-refractivity contribution in [1.82, 2.24) is 4.98 Å². The van der Waals surface area contributed by atoms with Crippen LogP contribution in [0.3, 0.4) is 0 Å². The highest BCUT2D eigenvalue weighted by Gasteiger charge is 2.04. The van der Waals surface area contributed by atoms with E-state index in [9.17, 15) is 4.79 Å². The SMILES string of the molecule is COc1ccc(NC(=O)COc2ccc(C)cc2)cn1. The van der Waals surface area contributed by atoms with Crippen molar-refractivity contribution in [3.05, 3.63) is 48.2 Å². The van der Waals surface area contributed by atoms with Crippen molar-refractivity contribution < 1.29 is 14.3 Å². The predicted octanol–water partition coefficient (Wildman–Crippen LogP) is 2.42. The maximum atomic E-state index is 11.7. The van der Waals surface area contributed by atoms with E-state index >= 15 is 0 Å². The van der Waals surface area contributed by atoms with Gasteiger partial charge in [-0.1, -0.05) is 17.7 Å². The van der Waals surface area contributed by atoms with Crippen LogP contribution >= 0.6 is 0 Å². The molecule has 104 valence electrons. The maximum absolute atomic E-state index is 11.7. The van der Waals surface area contributed by atoms with Gasteiger partial charge in [0.25, 0.3) is 5.91 Å². The van der Waals surface area contributed by atoms with E-state index in [1.54, 1.807) is 12.1 Å². The first-order valence-corrected chi connectivity index (χ1v) is 6.17. The number of amides is 1. The van der Waals surface area contributed by atoms with Gasteiger partial charge >= 0.3 is 0 Å². The molecular weight excluding hydrogens is 256 g/mol. The van der Waals surface area contributed by atoms with Crippen LogP contribution < -0.4 is 14.8 Å². The third-order valence-corrected chi connectivity index (χ3v) is 2.62. The van der Waals surface area contributed by atoms with Crippen molar-refractivity contribution in [3.63, 3.8) is 0 Å². The van der Waals surface area contributed by atoms with Gasteiger partial charge in [-0.3, -0.25) is 4.79 Å². The first-order chi connectivity index (χ1) is 9.67. The number of aromatic nitrogens is 1. The Kier molecular flexibility index (Phi) is 4.55. The lowest BCUT2D eigenvalue weighted by Crippen LogP contribution is -2.20. The highest BCUT2D eigenvalue weighted by atomic mass is 16.5. The Morgan fingerprint density at radius 3 is 2.55 bits per heavy atom. The number of hydrogen-bond donors (Lipinski definition) is 1. The fraction of sp³-hybridized carbons (Fsp3) is 0.200. The minimum atomic E-state index is -0.238. The highest BCUT2D eigenvalue weighted by molar-refractivity contribution is 5.91. The number of aryl methyl sites for hydroxylation is 1. The zero-order valence-electron chi connectivity index (χ0n) is 11.4. The summed E-state index contributed by atoms with van der Waals surface area (Å²) in [4.78, 5) is 15.7. The maximum Gasteiger partial charge on any atom is 0.262 e. The molecule has 1 aromatic heterocycles. The number of ether oxygens (including phenoxy) is 2. The van der Waals surface area contributed by atoms with E-state index < -0.39 is 0 Å². The van der Waals surface area contributed by atoms with E-state index in [4.69, 9.17) is 9.47 Å². The van der Waals surface area contributed by atoms with Gasteiger partial charge in [-0.2, -0.15) is 0 Å². The highest BCUT2D eigenvalue weighted by Crippen LogP contribution is 2.12. The molecule has 1 amide bonds. The van der Waals surface area contributed by atoms with Crippen molar-refractivity contribution in [1.29, 1.82) is 0 Å². The number of nitrogens with zero attached hydrogens (tertiary/aromatic N) is 1. The Hall–Kier alpha value is -2.56. The van der Waals surface area contributed by atoms with Gasteiger partial charge in [0.05, 0.1) is 19.0 Å². The molecule has 0 saturated heterocycles. The number of anilines is 1. The summed E-state index contributed by atoms with van der Waals surface area (Å²) in [6.45, 7) is 1.95. The summed E-state index contributed by atoms with van der Waals surface area (Å²) in [5, 5.41) is 2.69. The molecule has 0 fully saturated rings. The molecule has 2 aromatic rings. The first kappa shape index (κ1) is 13.9. The van der Waals surface area contributed by atoms with Crippen LogP contribution in [0.25, 0.3) is 0 Å². The van der Waals surface area contributed by atoms with E-state index in [-0.39, 0.29) is 12.5 Å². The third-order valence-electron chi connectivity index (χ3n) is 2.62. The second-order valence-corrected chi connectivity index (χ2v) is 4.24. The average molecular weight is 272 g/mol. The van der Waals surface area contributed by atoms with Crippen LogP contribution in [-0.2, 0) is 4.79 Å². The van der Waals surface area contributed by atoms with Crippen molar-refractivity contribution >= 4 is 11.6 Å².